The molecular weight excluding hydrogens is 244 g/mol. The minimum atomic E-state index is -0.534. The molecule has 1 aromatic rings. The Balaban J connectivity index is 2.38. The van der Waals surface area contributed by atoms with Crippen molar-refractivity contribution in [2.45, 2.75) is 33.3 Å². The van der Waals surface area contributed by atoms with Crippen LogP contribution in [0.2, 0.25) is 0 Å². The highest BCUT2D eigenvalue weighted by atomic mass is 16.6. The molecule has 0 fully saturated rings. The summed E-state index contributed by atoms with van der Waals surface area (Å²) < 4.78 is 10.1. The molecule has 0 saturated carbocycles. The average Bonchev–Trinajstić information content (AvgIpc) is 2.44. The van der Waals surface area contributed by atoms with Crippen LogP contribution < -0.4 is 0 Å². The van der Waals surface area contributed by atoms with Gasteiger partial charge in [-0.25, -0.2) is 4.79 Å². The van der Waals surface area contributed by atoms with Crippen molar-refractivity contribution in [1.29, 1.82) is 0 Å². The highest BCUT2D eigenvalue weighted by molar-refractivity contribution is 5.77. The number of carbonyl (C=O) groups excluding carboxylic acids is 2. The van der Waals surface area contributed by atoms with Crippen molar-refractivity contribution >= 4 is 11.9 Å². The Morgan fingerprint density at radius 1 is 1.16 bits per heavy atom. The fraction of sp³-hybridized carbons (Fsp3) is 0.467. The second-order valence-electron chi connectivity index (χ2n) is 4.46. The van der Waals surface area contributed by atoms with Gasteiger partial charge < -0.3 is 9.47 Å². The van der Waals surface area contributed by atoms with E-state index in [0.717, 1.165) is 5.56 Å². The second-order valence-corrected chi connectivity index (χ2v) is 4.46. The zero-order valence-electron chi connectivity index (χ0n) is 11.6. The Morgan fingerprint density at radius 3 is 2.37 bits per heavy atom. The van der Waals surface area contributed by atoms with E-state index in [4.69, 9.17) is 9.47 Å². The number of hydrogen-bond donors (Lipinski definition) is 0. The van der Waals surface area contributed by atoms with Crippen molar-refractivity contribution < 1.29 is 19.1 Å². The summed E-state index contributed by atoms with van der Waals surface area (Å²) in [4.78, 5) is 22.9. The monoisotopic (exact) mass is 264 g/mol. The number of benzene rings is 1. The molecule has 0 bridgehead atoms. The molecule has 0 aliphatic rings. The summed E-state index contributed by atoms with van der Waals surface area (Å²) in [5.41, 5.74) is 0.907. The van der Waals surface area contributed by atoms with Crippen LogP contribution in [0.25, 0.3) is 0 Å². The number of carbonyl (C=O) groups is 2. The molecule has 104 valence electrons. The molecule has 0 saturated heterocycles. The smallest absolute Gasteiger partial charge is 0.344 e. The summed E-state index contributed by atoms with van der Waals surface area (Å²) in [6, 6.07) is 9.41. The summed E-state index contributed by atoms with van der Waals surface area (Å²) in [5.74, 6) is -1.10. The lowest BCUT2D eigenvalue weighted by Gasteiger charge is -2.14. The van der Waals surface area contributed by atoms with E-state index in [9.17, 15) is 9.59 Å². The van der Waals surface area contributed by atoms with E-state index in [2.05, 4.69) is 0 Å². The fourth-order valence-electron chi connectivity index (χ4n) is 1.46. The van der Waals surface area contributed by atoms with Gasteiger partial charge in [0.05, 0.1) is 5.92 Å². The molecule has 0 radical (unpaired) electrons. The SMILES string of the molecule is CCC(C)C(=O)OCC(=O)OC(C)c1ccccc1. The van der Waals surface area contributed by atoms with Crippen LogP contribution in [0.4, 0.5) is 0 Å². The highest BCUT2D eigenvalue weighted by Gasteiger charge is 2.16. The van der Waals surface area contributed by atoms with Gasteiger partial charge in [0.25, 0.3) is 0 Å². The van der Waals surface area contributed by atoms with Crippen LogP contribution in [-0.4, -0.2) is 18.5 Å². The van der Waals surface area contributed by atoms with Crippen molar-refractivity contribution in [3.63, 3.8) is 0 Å². The molecule has 0 N–H and O–H groups in total. The van der Waals surface area contributed by atoms with Crippen LogP contribution in [-0.2, 0) is 19.1 Å². The van der Waals surface area contributed by atoms with Gasteiger partial charge in [0.2, 0.25) is 0 Å². The highest BCUT2D eigenvalue weighted by Crippen LogP contribution is 2.16. The van der Waals surface area contributed by atoms with Gasteiger partial charge in [0, 0.05) is 0 Å². The zero-order chi connectivity index (χ0) is 14.3. The molecule has 1 rings (SSSR count). The topological polar surface area (TPSA) is 52.6 Å². The van der Waals surface area contributed by atoms with Gasteiger partial charge in [0.15, 0.2) is 6.61 Å². The van der Waals surface area contributed by atoms with Gasteiger partial charge in [-0.05, 0) is 18.9 Å². The van der Waals surface area contributed by atoms with Crippen molar-refractivity contribution in [3.05, 3.63) is 35.9 Å². The first-order chi connectivity index (χ1) is 9.04. The van der Waals surface area contributed by atoms with Gasteiger partial charge in [0.1, 0.15) is 6.10 Å². The molecule has 0 aliphatic heterocycles. The molecule has 1 aromatic carbocycles. The second kappa shape index (κ2) is 7.56. The maximum Gasteiger partial charge on any atom is 0.344 e. The Morgan fingerprint density at radius 2 is 1.79 bits per heavy atom. The standard InChI is InChI=1S/C15H20O4/c1-4-11(2)15(17)18-10-14(16)19-12(3)13-8-6-5-7-9-13/h5-9,11-12H,4,10H2,1-3H3. The molecule has 0 aliphatic carbocycles. The number of ether oxygens (including phenoxy) is 2. The lowest BCUT2D eigenvalue weighted by Crippen LogP contribution is -2.21. The van der Waals surface area contributed by atoms with Gasteiger partial charge >= 0.3 is 11.9 Å². The van der Waals surface area contributed by atoms with Crippen LogP contribution in [0.15, 0.2) is 30.3 Å². The lowest BCUT2D eigenvalue weighted by atomic mass is 10.1. The molecule has 0 spiro atoms. The predicted octanol–water partition coefficient (Wildman–Crippen LogP) is 2.88. The van der Waals surface area contributed by atoms with Crippen LogP contribution in [0, 0.1) is 5.92 Å². The van der Waals surface area contributed by atoms with Gasteiger partial charge in [-0.3, -0.25) is 4.79 Å². The first-order valence-corrected chi connectivity index (χ1v) is 6.45. The van der Waals surface area contributed by atoms with Gasteiger partial charge in [-0.1, -0.05) is 44.2 Å². The van der Waals surface area contributed by atoms with Crippen molar-refractivity contribution in [2.75, 3.05) is 6.61 Å². The van der Waals surface area contributed by atoms with Crippen LogP contribution in [0.1, 0.15) is 38.9 Å². The van der Waals surface area contributed by atoms with Gasteiger partial charge in [-0.15, -0.1) is 0 Å². The molecule has 2 atom stereocenters. The van der Waals surface area contributed by atoms with Gasteiger partial charge in [-0.2, -0.15) is 0 Å². The summed E-state index contributed by atoms with van der Waals surface area (Å²) in [6.07, 6.45) is 0.338. The van der Waals surface area contributed by atoms with E-state index >= 15 is 0 Å². The molecule has 19 heavy (non-hydrogen) atoms. The quantitative estimate of drug-likeness (QED) is 0.741. The van der Waals surface area contributed by atoms with E-state index in [-0.39, 0.29) is 24.6 Å². The van der Waals surface area contributed by atoms with Crippen LogP contribution in [0.3, 0.4) is 0 Å². The van der Waals surface area contributed by atoms with Crippen molar-refractivity contribution in [2.24, 2.45) is 5.92 Å². The maximum absolute atomic E-state index is 11.5. The third kappa shape index (κ3) is 5.12. The molecule has 4 nitrogen and oxygen atoms in total. The molecule has 4 heteroatoms. The van der Waals surface area contributed by atoms with E-state index in [0.29, 0.717) is 6.42 Å². The number of esters is 2. The summed E-state index contributed by atoms with van der Waals surface area (Å²) in [5, 5.41) is 0. The van der Waals surface area contributed by atoms with E-state index in [1.54, 1.807) is 13.8 Å². The van der Waals surface area contributed by atoms with Crippen molar-refractivity contribution in [1.82, 2.24) is 0 Å². The first-order valence-electron chi connectivity index (χ1n) is 6.45. The molecule has 2 unspecified atom stereocenters. The first kappa shape index (κ1) is 15.2. The van der Waals surface area contributed by atoms with E-state index < -0.39 is 5.97 Å². The van der Waals surface area contributed by atoms with E-state index in [1.165, 1.54) is 0 Å². The van der Waals surface area contributed by atoms with Crippen LogP contribution >= 0.6 is 0 Å². The minimum Gasteiger partial charge on any atom is -0.455 e. The Hall–Kier alpha value is -1.84. The number of rotatable bonds is 6. The summed E-state index contributed by atoms with van der Waals surface area (Å²) >= 11 is 0. The summed E-state index contributed by atoms with van der Waals surface area (Å²) in [7, 11) is 0. The third-order valence-corrected chi connectivity index (χ3v) is 2.92. The Bertz CT molecular complexity index is 413. The van der Waals surface area contributed by atoms with Crippen LogP contribution in [0.5, 0.6) is 0 Å². The normalized spacial score (nSPS) is 13.4. The Labute approximate surface area is 113 Å². The predicted molar refractivity (Wildman–Crippen MR) is 71.4 cm³/mol. The maximum atomic E-state index is 11.5. The summed E-state index contributed by atoms with van der Waals surface area (Å²) in [6.45, 7) is 5.10. The Kier molecular flexibility index (Phi) is 6.06. The van der Waals surface area contributed by atoms with Crippen molar-refractivity contribution in [3.8, 4) is 0 Å². The fourth-order valence-corrected chi connectivity index (χ4v) is 1.46. The lowest BCUT2D eigenvalue weighted by molar-refractivity contribution is -0.164. The average molecular weight is 264 g/mol. The molecule has 0 heterocycles. The molecule has 0 amide bonds. The largest absolute Gasteiger partial charge is 0.455 e. The zero-order valence-corrected chi connectivity index (χ0v) is 11.6. The van der Waals surface area contributed by atoms with E-state index in [1.807, 2.05) is 37.3 Å². The molecule has 0 aromatic heterocycles. The number of hydrogen-bond acceptors (Lipinski definition) is 4. The minimum absolute atomic E-state index is 0.195. The molecular formula is C15H20O4. The third-order valence-electron chi connectivity index (χ3n) is 2.92.